The van der Waals surface area contributed by atoms with Crippen molar-refractivity contribution in [3.63, 3.8) is 0 Å². The number of phenols is 1. The van der Waals surface area contributed by atoms with E-state index < -0.39 is 5.92 Å². The van der Waals surface area contributed by atoms with E-state index in [0.29, 0.717) is 5.56 Å². The van der Waals surface area contributed by atoms with Gasteiger partial charge >= 0.3 is 0 Å². The number of hydrogen-bond donors (Lipinski definition) is 2. The minimum atomic E-state index is -0.467. The van der Waals surface area contributed by atoms with Crippen molar-refractivity contribution in [2.24, 2.45) is 5.10 Å². The zero-order valence-electron chi connectivity index (χ0n) is 13.8. The first kappa shape index (κ1) is 17.9. The van der Waals surface area contributed by atoms with Gasteiger partial charge < -0.3 is 5.11 Å². The van der Waals surface area contributed by atoms with E-state index in [-0.39, 0.29) is 11.7 Å². The van der Waals surface area contributed by atoms with Gasteiger partial charge in [-0.1, -0.05) is 76.6 Å². The largest absolute Gasteiger partial charge is 0.507 e. The van der Waals surface area contributed by atoms with Crippen LogP contribution < -0.4 is 5.43 Å². The average Bonchev–Trinajstić information content (AvgIpc) is 2.66. The fourth-order valence-electron chi connectivity index (χ4n) is 2.64. The van der Waals surface area contributed by atoms with Gasteiger partial charge in [0.15, 0.2) is 0 Å². The standard InChI is InChI=1S/C21H17BrN2O2/c22-18-11-12-19(25)17(13-18)14-23-24-21(26)20(15-7-3-1-4-8-15)16-9-5-2-6-10-16/h1-14,20,25H,(H,24,26)/b23-14-. The van der Waals surface area contributed by atoms with Crippen LogP contribution in [-0.2, 0) is 4.79 Å². The maximum Gasteiger partial charge on any atom is 0.252 e. The molecule has 0 radical (unpaired) electrons. The molecule has 0 aliphatic heterocycles. The van der Waals surface area contributed by atoms with E-state index >= 15 is 0 Å². The van der Waals surface area contributed by atoms with Crippen molar-refractivity contribution < 1.29 is 9.90 Å². The fraction of sp³-hybridized carbons (Fsp3) is 0.0476. The molecular weight excluding hydrogens is 392 g/mol. The van der Waals surface area contributed by atoms with Crippen LogP contribution in [0.25, 0.3) is 0 Å². The van der Waals surface area contributed by atoms with E-state index in [2.05, 4.69) is 26.5 Å². The smallest absolute Gasteiger partial charge is 0.252 e. The van der Waals surface area contributed by atoms with Crippen molar-refractivity contribution >= 4 is 28.1 Å². The molecule has 0 fully saturated rings. The van der Waals surface area contributed by atoms with Crippen LogP contribution in [-0.4, -0.2) is 17.2 Å². The quantitative estimate of drug-likeness (QED) is 0.484. The summed E-state index contributed by atoms with van der Waals surface area (Å²) in [7, 11) is 0. The summed E-state index contributed by atoms with van der Waals surface area (Å²) < 4.78 is 0.814. The van der Waals surface area contributed by atoms with Gasteiger partial charge in [-0.3, -0.25) is 4.79 Å². The second-order valence-electron chi connectivity index (χ2n) is 5.69. The number of aromatic hydroxyl groups is 1. The van der Waals surface area contributed by atoms with E-state index in [0.717, 1.165) is 15.6 Å². The molecule has 3 rings (SSSR count). The van der Waals surface area contributed by atoms with Gasteiger partial charge in [-0.15, -0.1) is 0 Å². The molecule has 0 atom stereocenters. The number of benzene rings is 3. The number of hydrogen-bond acceptors (Lipinski definition) is 3. The molecule has 4 nitrogen and oxygen atoms in total. The zero-order chi connectivity index (χ0) is 18.4. The van der Waals surface area contributed by atoms with E-state index in [9.17, 15) is 9.90 Å². The van der Waals surface area contributed by atoms with E-state index in [1.807, 2.05) is 60.7 Å². The van der Waals surface area contributed by atoms with Crippen LogP contribution in [0.5, 0.6) is 5.75 Å². The third kappa shape index (κ3) is 4.37. The highest BCUT2D eigenvalue weighted by Crippen LogP contribution is 2.25. The first-order valence-electron chi connectivity index (χ1n) is 8.06. The van der Waals surface area contributed by atoms with Gasteiger partial charge in [0.2, 0.25) is 0 Å². The molecule has 0 saturated carbocycles. The lowest BCUT2D eigenvalue weighted by atomic mass is 9.91. The van der Waals surface area contributed by atoms with Crippen molar-refractivity contribution in [3.05, 3.63) is 100 Å². The number of nitrogens with zero attached hydrogens (tertiary/aromatic N) is 1. The van der Waals surface area contributed by atoms with Crippen LogP contribution in [0.1, 0.15) is 22.6 Å². The van der Waals surface area contributed by atoms with Crippen LogP contribution in [0.3, 0.4) is 0 Å². The molecule has 0 aromatic heterocycles. The molecule has 0 aliphatic carbocycles. The molecule has 5 heteroatoms. The summed E-state index contributed by atoms with van der Waals surface area (Å²) >= 11 is 3.34. The lowest BCUT2D eigenvalue weighted by molar-refractivity contribution is -0.121. The Kier molecular flexibility index (Phi) is 5.81. The van der Waals surface area contributed by atoms with Crippen LogP contribution in [0.2, 0.25) is 0 Å². The maximum absolute atomic E-state index is 12.8. The number of hydrazone groups is 1. The number of carbonyl (C=O) groups excluding carboxylic acids is 1. The number of amides is 1. The second-order valence-corrected chi connectivity index (χ2v) is 6.61. The zero-order valence-corrected chi connectivity index (χ0v) is 15.4. The maximum atomic E-state index is 12.8. The average molecular weight is 409 g/mol. The van der Waals surface area contributed by atoms with Crippen molar-refractivity contribution in [1.82, 2.24) is 5.43 Å². The van der Waals surface area contributed by atoms with Crippen molar-refractivity contribution in [3.8, 4) is 5.75 Å². The summed E-state index contributed by atoms with van der Waals surface area (Å²) in [6.07, 6.45) is 1.42. The first-order valence-corrected chi connectivity index (χ1v) is 8.86. The molecule has 0 aliphatic rings. The predicted molar refractivity (Wildman–Crippen MR) is 106 cm³/mol. The SMILES string of the molecule is O=C(N/N=C\c1cc(Br)ccc1O)C(c1ccccc1)c1ccccc1. The van der Waals surface area contributed by atoms with Gasteiger partial charge in [-0.05, 0) is 29.3 Å². The van der Waals surface area contributed by atoms with E-state index in [4.69, 9.17) is 0 Å². The molecule has 3 aromatic rings. The Morgan fingerprint density at radius 3 is 2.12 bits per heavy atom. The Hall–Kier alpha value is -2.92. The topological polar surface area (TPSA) is 61.7 Å². The minimum absolute atomic E-state index is 0.0915. The highest BCUT2D eigenvalue weighted by Gasteiger charge is 2.22. The van der Waals surface area contributed by atoms with Crippen molar-refractivity contribution in [2.45, 2.75) is 5.92 Å². The van der Waals surface area contributed by atoms with Gasteiger partial charge in [-0.2, -0.15) is 5.10 Å². The normalized spacial score (nSPS) is 11.0. The molecule has 2 N–H and O–H groups in total. The Labute approximate surface area is 160 Å². The highest BCUT2D eigenvalue weighted by atomic mass is 79.9. The Bertz CT molecular complexity index is 872. The van der Waals surface area contributed by atoms with Crippen molar-refractivity contribution in [1.29, 1.82) is 0 Å². The minimum Gasteiger partial charge on any atom is -0.507 e. The summed E-state index contributed by atoms with van der Waals surface area (Å²) in [6.45, 7) is 0. The summed E-state index contributed by atoms with van der Waals surface area (Å²) in [6, 6.07) is 24.1. The van der Waals surface area contributed by atoms with Gasteiger partial charge in [0.25, 0.3) is 5.91 Å². The number of nitrogens with one attached hydrogen (secondary N) is 1. The van der Waals surface area contributed by atoms with Gasteiger partial charge in [0.1, 0.15) is 5.75 Å². The second kappa shape index (κ2) is 8.45. The Morgan fingerprint density at radius 1 is 0.962 bits per heavy atom. The third-order valence-electron chi connectivity index (χ3n) is 3.90. The molecule has 0 saturated heterocycles. The Balaban J connectivity index is 1.82. The summed E-state index contributed by atoms with van der Waals surface area (Å²) in [5, 5.41) is 13.9. The molecule has 130 valence electrons. The predicted octanol–water partition coefficient (Wildman–Crippen LogP) is 4.44. The first-order chi connectivity index (χ1) is 12.6. The Morgan fingerprint density at radius 2 is 1.54 bits per heavy atom. The number of carbonyl (C=O) groups is 1. The molecule has 1 amide bonds. The molecule has 0 unspecified atom stereocenters. The molecule has 0 bridgehead atoms. The third-order valence-corrected chi connectivity index (χ3v) is 4.39. The fourth-order valence-corrected chi connectivity index (χ4v) is 3.02. The van der Waals surface area contributed by atoms with Crippen LogP contribution in [0.4, 0.5) is 0 Å². The van der Waals surface area contributed by atoms with Crippen LogP contribution in [0, 0.1) is 0 Å². The lowest BCUT2D eigenvalue weighted by Crippen LogP contribution is -2.26. The van der Waals surface area contributed by atoms with E-state index in [1.54, 1.807) is 18.2 Å². The van der Waals surface area contributed by atoms with Crippen LogP contribution >= 0.6 is 15.9 Å². The monoisotopic (exact) mass is 408 g/mol. The van der Waals surface area contributed by atoms with Crippen LogP contribution in [0.15, 0.2) is 88.4 Å². The molecular formula is C21H17BrN2O2. The molecule has 0 heterocycles. The number of halogens is 1. The number of phenolic OH excluding ortho intramolecular Hbond substituents is 1. The van der Waals surface area contributed by atoms with Gasteiger partial charge in [0.05, 0.1) is 12.1 Å². The highest BCUT2D eigenvalue weighted by molar-refractivity contribution is 9.10. The summed E-state index contributed by atoms with van der Waals surface area (Å²) in [4.78, 5) is 12.8. The molecule has 0 spiro atoms. The molecule has 26 heavy (non-hydrogen) atoms. The van der Waals surface area contributed by atoms with Gasteiger partial charge in [-0.25, -0.2) is 5.43 Å². The van der Waals surface area contributed by atoms with E-state index in [1.165, 1.54) is 6.21 Å². The summed E-state index contributed by atoms with van der Waals surface area (Å²) in [5.41, 5.74) is 4.86. The van der Waals surface area contributed by atoms with Gasteiger partial charge in [0, 0.05) is 10.0 Å². The number of rotatable bonds is 5. The summed E-state index contributed by atoms with van der Waals surface area (Å²) in [5.74, 6) is -0.618. The molecule has 3 aromatic carbocycles. The lowest BCUT2D eigenvalue weighted by Gasteiger charge is -2.16. The van der Waals surface area contributed by atoms with Crippen molar-refractivity contribution in [2.75, 3.05) is 0 Å².